The van der Waals surface area contributed by atoms with Crippen molar-refractivity contribution in [1.29, 1.82) is 0 Å². The number of halogens is 2. The maximum absolute atomic E-state index is 5.88. The highest BCUT2D eigenvalue weighted by Crippen LogP contribution is 2.29. The second-order valence-corrected chi connectivity index (χ2v) is 5.69. The molecule has 0 aromatic heterocycles. The van der Waals surface area contributed by atoms with Crippen LogP contribution >= 0.6 is 27.5 Å². The lowest BCUT2D eigenvalue weighted by Gasteiger charge is -2.15. The van der Waals surface area contributed by atoms with Crippen molar-refractivity contribution in [2.45, 2.75) is 25.0 Å². The Morgan fingerprint density at radius 3 is 2.94 bits per heavy atom. The summed E-state index contributed by atoms with van der Waals surface area (Å²) in [6.45, 7) is 1.49. The van der Waals surface area contributed by atoms with E-state index < -0.39 is 0 Å². The molecule has 0 saturated carbocycles. The zero-order chi connectivity index (χ0) is 13.0. The molecular formula is C13H17BrClNO2. The average molecular weight is 335 g/mol. The molecule has 0 bridgehead atoms. The number of hydrogen-bond acceptors (Lipinski definition) is 3. The molecular weight excluding hydrogens is 318 g/mol. The molecule has 1 fully saturated rings. The van der Waals surface area contributed by atoms with E-state index in [9.17, 15) is 0 Å². The van der Waals surface area contributed by atoms with Gasteiger partial charge in [0.05, 0.1) is 16.7 Å². The SMILES string of the molecule is CNCC1CCC(COc2ccc(Cl)cc2Br)O1. The van der Waals surface area contributed by atoms with E-state index >= 15 is 0 Å². The van der Waals surface area contributed by atoms with E-state index in [0.29, 0.717) is 17.7 Å². The van der Waals surface area contributed by atoms with Crippen LogP contribution in [0.15, 0.2) is 22.7 Å². The second kappa shape index (κ2) is 6.75. The van der Waals surface area contributed by atoms with Crippen LogP contribution in [-0.2, 0) is 4.74 Å². The lowest BCUT2D eigenvalue weighted by Crippen LogP contribution is -2.25. The van der Waals surface area contributed by atoms with E-state index in [4.69, 9.17) is 21.1 Å². The van der Waals surface area contributed by atoms with Crippen molar-refractivity contribution in [2.75, 3.05) is 20.2 Å². The van der Waals surface area contributed by atoms with Crippen LogP contribution in [0, 0.1) is 0 Å². The van der Waals surface area contributed by atoms with Crippen LogP contribution in [0.1, 0.15) is 12.8 Å². The van der Waals surface area contributed by atoms with Crippen LogP contribution in [0.4, 0.5) is 0 Å². The smallest absolute Gasteiger partial charge is 0.133 e. The number of hydrogen-bond donors (Lipinski definition) is 1. The molecule has 1 N–H and O–H groups in total. The Bertz CT molecular complexity index is 403. The quantitative estimate of drug-likeness (QED) is 0.896. The Morgan fingerprint density at radius 1 is 1.44 bits per heavy atom. The van der Waals surface area contributed by atoms with Crippen LogP contribution in [0.25, 0.3) is 0 Å². The van der Waals surface area contributed by atoms with Crippen LogP contribution in [0.3, 0.4) is 0 Å². The summed E-state index contributed by atoms with van der Waals surface area (Å²) in [6.07, 6.45) is 2.65. The molecule has 2 rings (SSSR count). The fraction of sp³-hybridized carbons (Fsp3) is 0.538. The van der Waals surface area contributed by atoms with Crippen molar-refractivity contribution >= 4 is 27.5 Å². The number of ether oxygens (including phenoxy) is 2. The lowest BCUT2D eigenvalue weighted by atomic mass is 10.2. The third kappa shape index (κ3) is 3.85. The summed E-state index contributed by atoms with van der Waals surface area (Å²) in [4.78, 5) is 0. The molecule has 0 spiro atoms. The highest BCUT2D eigenvalue weighted by molar-refractivity contribution is 9.10. The summed E-state index contributed by atoms with van der Waals surface area (Å²) in [7, 11) is 1.94. The third-order valence-electron chi connectivity index (χ3n) is 2.95. The van der Waals surface area contributed by atoms with Crippen molar-refractivity contribution in [2.24, 2.45) is 0 Å². The number of rotatable bonds is 5. The third-order valence-corrected chi connectivity index (χ3v) is 3.80. The summed E-state index contributed by atoms with van der Waals surface area (Å²) in [6, 6.07) is 5.52. The van der Waals surface area contributed by atoms with E-state index in [0.717, 1.165) is 29.6 Å². The zero-order valence-electron chi connectivity index (χ0n) is 10.3. The van der Waals surface area contributed by atoms with E-state index in [1.54, 1.807) is 0 Å². The minimum Gasteiger partial charge on any atom is -0.490 e. The fourth-order valence-corrected chi connectivity index (χ4v) is 2.85. The van der Waals surface area contributed by atoms with Gasteiger partial charge in [-0.2, -0.15) is 0 Å². The molecule has 1 aromatic carbocycles. The predicted octanol–water partition coefficient (Wildman–Crippen LogP) is 3.25. The van der Waals surface area contributed by atoms with E-state index in [1.807, 2.05) is 25.2 Å². The summed E-state index contributed by atoms with van der Waals surface area (Å²) in [5.41, 5.74) is 0. The molecule has 2 unspecified atom stereocenters. The Hall–Kier alpha value is -0.290. The molecule has 100 valence electrons. The predicted molar refractivity (Wildman–Crippen MR) is 76.5 cm³/mol. The maximum Gasteiger partial charge on any atom is 0.133 e. The monoisotopic (exact) mass is 333 g/mol. The Labute approximate surface area is 121 Å². The van der Waals surface area contributed by atoms with Crippen molar-refractivity contribution < 1.29 is 9.47 Å². The van der Waals surface area contributed by atoms with Gasteiger partial charge in [0.1, 0.15) is 12.4 Å². The summed E-state index contributed by atoms with van der Waals surface area (Å²) in [5.74, 6) is 0.806. The van der Waals surface area contributed by atoms with Gasteiger partial charge in [0.15, 0.2) is 0 Å². The first kappa shape index (κ1) is 14.1. The van der Waals surface area contributed by atoms with E-state index in [-0.39, 0.29) is 6.10 Å². The van der Waals surface area contributed by atoms with Gasteiger partial charge in [-0.05, 0) is 54.0 Å². The minimum atomic E-state index is 0.186. The lowest BCUT2D eigenvalue weighted by molar-refractivity contribution is 0.0192. The average Bonchev–Trinajstić information content (AvgIpc) is 2.76. The first-order valence-electron chi connectivity index (χ1n) is 6.07. The summed E-state index contributed by atoms with van der Waals surface area (Å²) < 4.78 is 12.5. The number of benzene rings is 1. The molecule has 1 saturated heterocycles. The molecule has 0 radical (unpaired) electrons. The van der Waals surface area contributed by atoms with E-state index in [2.05, 4.69) is 21.2 Å². The molecule has 0 amide bonds. The van der Waals surface area contributed by atoms with Gasteiger partial charge in [-0.3, -0.25) is 0 Å². The molecule has 1 aromatic rings. The molecule has 0 aliphatic carbocycles. The minimum absolute atomic E-state index is 0.186. The van der Waals surface area contributed by atoms with Crippen LogP contribution in [-0.4, -0.2) is 32.4 Å². The van der Waals surface area contributed by atoms with Gasteiger partial charge in [0.25, 0.3) is 0 Å². The summed E-state index contributed by atoms with van der Waals surface area (Å²) in [5, 5.41) is 3.83. The Kier molecular flexibility index (Phi) is 5.30. The Morgan fingerprint density at radius 2 is 2.22 bits per heavy atom. The van der Waals surface area contributed by atoms with Gasteiger partial charge in [0.2, 0.25) is 0 Å². The molecule has 3 nitrogen and oxygen atoms in total. The zero-order valence-corrected chi connectivity index (χ0v) is 12.6. The van der Waals surface area contributed by atoms with Crippen LogP contribution in [0.2, 0.25) is 5.02 Å². The molecule has 1 heterocycles. The molecule has 1 aliphatic rings. The molecule has 2 atom stereocenters. The Balaban J connectivity index is 1.81. The molecule has 5 heteroatoms. The van der Waals surface area contributed by atoms with Gasteiger partial charge in [-0.25, -0.2) is 0 Å². The molecule has 1 aliphatic heterocycles. The summed E-state index contributed by atoms with van der Waals surface area (Å²) >= 11 is 9.31. The van der Waals surface area contributed by atoms with Crippen molar-refractivity contribution in [3.05, 3.63) is 27.7 Å². The highest BCUT2D eigenvalue weighted by atomic mass is 79.9. The van der Waals surface area contributed by atoms with Crippen molar-refractivity contribution in [3.8, 4) is 5.75 Å². The largest absolute Gasteiger partial charge is 0.490 e. The van der Waals surface area contributed by atoms with Gasteiger partial charge < -0.3 is 14.8 Å². The van der Waals surface area contributed by atoms with Gasteiger partial charge >= 0.3 is 0 Å². The molecule has 18 heavy (non-hydrogen) atoms. The first-order valence-corrected chi connectivity index (χ1v) is 7.24. The highest BCUT2D eigenvalue weighted by Gasteiger charge is 2.25. The van der Waals surface area contributed by atoms with E-state index in [1.165, 1.54) is 0 Å². The fourth-order valence-electron chi connectivity index (χ4n) is 2.06. The standard InChI is InChI=1S/C13H17BrClNO2/c1-16-7-10-3-4-11(18-10)8-17-13-5-2-9(15)6-12(13)14/h2,5-6,10-11,16H,3-4,7-8H2,1H3. The van der Waals surface area contributed by atoms with Crippen LogP contribution < -0.4 is 10.1 Å². The van der Waals surface area contributed by atoms with Crippen molar-refractivity contribution in [3.63, 3.8) is 0 Å². The number of likely N-dealkylation sites (N-methyl/N-ethyl adjacent to an activating group) is 1. The topological polar surface area (TPSA) is 30.5 Å². The maximum atomic E-state index is 5.88. The van der Waals surface area contributed by atoms with Gasteiger partial charge in [-0.1, -0.05) is 11.6 Å². The van der Waals surface area contributed by atoms with Crippen molar-refractivity contribution in [1.82, 2.24) is 5.32 Å². The second-order valence-electron chi connectivity index (χ2n) is 4.40. The first-order chi connectivity index (χ1) is 8.69. The van der Waals surface area contributed by atoms with Gasteiger partial charge in [0, 0.05) is 11.6 Å². The van der Waals surface area contributed by atoms with Crippen LogP contribution in [0.5, 0.6) is 5.75 Å². The normalized spacial score (nSPS) is 23.3. The van der Waals surface area contributed by atoms with Gasteiger partial charge in [-0.15, -0.1) is 0 Å². The number of nitrogens with one attached hydrogen (secondary N) is 1.